The molecule has 3 aromatic rings. The number of nitrogens with one attached hydrogen (secondary N) is 1. The highest BCUT2D eigenvalue weighted by Crippen LogP contribution is 2.23. The van der Waals surface area contributed by atoms with E-state index in [1.165, 1.54) is 12.1 Å². The van der Waals surface area contributed by atoms with Crippen molar-refractivity contribution in [1.82, 2.24) is 15.0 Å². The van der Waals surface area contributed by atoms with Gasteiger partial charge in [0, 0.05) is 11.8 Å². The molecule has 1 aromatic carbocycles. The highest BCUT2D eigenvalue weighted by atomic mass is 19.1. The van der Waals surface area contributed by atoms with Crippen LogP contribution in [0.5, 0.6) is 0 Å². The lowest BCUT2D eigenvalue weighted by atomic mass is 10.2. The van der Waals surface area contributed by atoms with Crippen molar-refractivity contribution in [1.29, 1.82) is 0 Å². The number of hydrogen-bond acceptors (Lipinski definition) is 3. The van der Waals surface area contributed by atoms with Crippen molar-refractivity contribution in [2.24, 2.45) is 0 Å². The molecule has 0 fully saturated rings. The van der Waals surface area contributed by atoms with Gasteiger partial charge in [0.25, 0.3) is 0 Å². The predicted molar refractivity (Wildman–Crippen MR) is 68.4 cm³/mol. The number of hydrogen-bond donors (Lipinski definition) is 2. The molecule has 0 radical (unpaired) electrons. The van der Waals surface area contributed by atoms with Crippen molar-refractivity contribution < 1.29 is 4.39 Å². The number of nitrogen functional groups attached to an aromatic ring is 1. The topological polar surface area (TPSA) is 67.6 Å². The molecule has 0 spiro atoms. The Morgan fingerprint density at radius 2 is 2.11 bits per heavy atom. The lowest BCUT2D eigenvalue weighted by Gasteiger charge is -1.99. The number of anilines is 1. The molecule has 0 atom stereocenters. The van der Waals surface area contributed by atoms with Gasteiger partial charge in [-0.05, 0) is 36.8 Å². The first kappa shape index (κ1) is 10.7. The number of pyridine rings is 1. The maximum atomic E-state index is 13.4. The number of H-pyrrole nitrogens is 1. The number of aromatic nitrogens is 3. The maximum absolute atomic E-state index is 13.4. The van der Waals surface area contributed by atoms with Gasteiger partial charge < -0.3 is 10.7 Å². The standard InChI is InChI=1S/C13H11FN4/c1-7-4-5-16-13-11(7)17-12(18-13)8-2-3-10(15)9(14)6-8/h2-6H,15H2,1H3,(H,16,17,18). The second-order valence-corrected chi connectivity index (χ2v) is 4.15. The third kappa shape index (κ3) is 1.60. The molecule has 2 heterocycles. The smallest absolute Gasteiger partial charge is 0.178 e. The van der Waals surface area contributed by atoms with Gasteiger partial charge >= 0.3 is 0 Å². The van der Waals surface area contributed by atoms with E-state index in [1.54, 1.807) is 12.3 Å². The lowest BCUT2D eigenvalue weighted by Crippen LogP contribution is -1.91. The highest BCUT2D eigenvalue weighted by Gasteiger charge is 2.09. The quantitative estimate of drug-likeness (QED) is 0.644. The summed E-state index contributed by atoms with van der Waals surface area (Å²) in [4.78, 5) is 11.7. The summed E-state index contributed by atoms with van der Waals surface area (Å²) in [6, 6.07) is 6.51. The van der Waals surface area contributed by atoms with E-state index in [9.17, 15) is 4.39 Å². The third-order valence-corrected chi connectivity index (χ3v) is 2.87. The number of halogens is 1. The summed E-state index contributed by atoms with van der Waals surface area (Å²) in [7, 11) is 0. The second-order valence-electron chi connectivity index (χ2n) is 4.15. The molecular weight excluding hydrogens is 231 g/mol. The molecule has 18 heavy (non-hydrogen) atoms. The molecule has 90 valence electrons. The van der Waals surface area contributed by atoms with Gasteiger partial charge in [-0.25, -0.2) is 14.4 Å². The predicted octanol–water partition coefficient (Wildman–Crippen LogP) is 2.65. The van der Waals surface area contributed by atoms with E-state index in [0.717, 1.165) is 11.1 Å². The number of rotatable bonds is 1. The zero-order valence-electron chi connectivity index (χ0n) is 9.74. The summed E-state index contributed by atoms with van der Waals surface area (Å²) in [6.45, 7) is 1.97. The van der Waals surface area contributed by atoms with Gasteiger partial charge in [0.1, 0.15) is 11.6 Å². The molecule has 4 nitrogen and oxygen atoms in total. The van der Waals surface area contributed by atoms with Gasteiger partial charge in [0.15, 0.2) is 5.65 Å². The number of nitrogens with two attached hydrogens (primary N) is 1. The summed E-state index contributed by atoms with van der Waals surface area (Å²) >= 11 is 0. The van der Waals surface area contributed by atoms with Crippen molar-refractivity contribution in [2.75, 3.05) is 5.73 Å². The zero-order chi connectivity index (χ0) is 12.7. The number of imidazole rings is 1. The summed E-state index contributed by atoms with van der Waals surface area (Å²) in [6.07, 6.45) is 1.70. The molecule has 0 aliphatic carbocycles. The summed E-state index contributed by atoms with van der Waals surface area (Å²) < 4.78 is 13.4. The summed E-state index contributed by atoms with van der Waals surface area (Å²) in [5.74, 6) is 0.142. The van der Waals surface area contributed by atoms with Crippen LogP contribution in [0.2, 0.25) is 0 Å². The van der Waals surface area contributed by atoms with Crippen LogP contribution < -0.4 is 5.73 Å². The Balaban J connectivity index is 2.19. The number of aryl methyl sites for hydroxylation is 1. The van der Waals surface area contributed by atoms with Gasteiger partial charge in [-0.3, -0.25) is 0 Å². The average molecular weight is 242 g/mol. The molecule has 3 N–H and O–H groups in total. The Bertz CT molecular complexity index is 733. The number of nitrogens with zero attached hydrogens (tertiary/aromatic N) is 2. The van der Waals surface area contributed by atoms with Crippen LogP contribution in [0.1, 0.15) is 5.56 Å². The van der Waals surface area contributed by atoms with E-state index >= 15 is 0 Å². The van der Waals surface area contributed by atoms with Crippen LogP contribution in [-0.4, -0.2) is 15.0 Å². The van der Waals surface area contributed by atoms with Gasteiger partial charge in [-0.2, -0.15) is 0 Å². The van der Waals surface area contributed by atoms with Crippen LogP contribution in [0.3, 0.4) is 0 Å². The molecule has 0 bridgehead atoms. The van der Waals surface area contributed by atoms with E-state index in [1.807, 2.05) is 13.0 Å². The molecule has 5 heteroatoms. The Hall–Kier alpha value is -2.43. The molecule has 2 aromatic heterocycles. The Kier molecular flexibility index (Phi) is 2.26. The van der Waals surface area contributed by atoms with Gasteiger partial charge in [0.2, 0.25) is 0 Å². The molecule has 3 rings (SSSR count). The van der Waals surface area contributed by atoms with Crippen molar-refractivity contribution >= 4 is 16.9 Å². The molecule has 0 saturated carbocycles. The van der Waals surface area contributed by atoms with E-state index in [2.05, 4.69) is 15.0 Å². The average Bonchev–Trinajstić information content (AvgIpc) is 2.78. The Labute approximate surface area is 103 Å². The lowest BCUT2D eigenvalue weighted by molar-refractivity contribution is 0.633. The van der Waals surface area contributed by atoms with Crippen molar-refractivity contribution in [3.05, 3.63) is 41.8 Å². The Morgan fingerprint density at radius 1 is 1.28 bits per heavy atom. The largest absolute Gasteiger partial charge is 0.396 e. The van der Waals surface area contributed by atoms with Gasteiger partial charge in [-0.15, -0.1) is 0 Å². The van der Waals surface area contributed by atoms with Crippen LogP contribution in [0.4, 0.5) is 10.1 Å². The molecule has 0 aliphatic rings. The fraction of sp³-hybridized carbons (Fsp3) is 0.0769. The van der Waals surface area contributed by atoms with Crippen LogP contribution in [0.25, 0.3) is 22.6 Å². The summed E-state index contributed by atoms with van der Waals surface area (Å²) in [5.41, 5.74) is 8.77. The zero-order valence-corrected chi connectivity index (χ0v) is 9.74. The fourth-order valence-corrected chi connectivity index (χ4v) is 1.85. The van der Waals surface area contributed by atoms with Crippen molar-refractivity contribution in [2.45, 2.75) is 6.92 Å². The first-order valence-electron chi connectivity index (χ1n) is 5.52. The number of benzene rings is 1. The maximum Gasteiger partial charge on any atom is 0.178 e. The van der Waals surface area contributed by atoms with Crippen LogP contribution in [-0.2, 0) is 0 Å². The normalized spacial score (nSPS) is 11.0. The van der Waals surface area contributed by atoms with E-state index in [0.29, 0.717) is 17.0 Å². The number of fused-ring (bicyclic) bond motifs is 1. The SMILES string of the molecule is Cc1ccnc2nc(-c3ccc(N)c(F)c3)[nH]c12. The summed E-state index contributed by atoms with van der Waals surface area (Å²) in [5, 5.41) is 0. The van der Waals surface area contributed by atoms with Crippen LogP contribution in [0, 0.1) is 12.7 Å². The highest BCUT2D eigenvalue weighted by molar-refractivity contribution is 5.78. The van der Waals surface area contributed by atoms with E-state index < -0.39 is 5.82 Å². The first-order chi connectivity index (χ1) is 8.65. The van der Waals surface area contributed by atoms with Crippen molar-refractivity contribution in [3.63, 3.8) is 0 Å². The molecule has 0 aliphatic heterocycles. The van der Waals surface area contributed by atoms with Gasteiger partial charge in [-0.1, -0.05) is 0 Å². The second kappa shape index (κ2) is 3.80. The van der Waals surface area contributed by atoms with Crippen molar-refractivity contribution in [3.8, 4) is 11.4 Å². The minimum Gasteiger partial charge on any atom is -0.396 e. The minimum atomic E-state index is -0.447. The molecule has 0 amide bonds. The fourth-order valence-electron chi connectivity index (χ4n) is 1.85. The van der Waals surface area contributed by atoms with Crippen LogP contribution in [0.15, 0.2) is 30.5 Å². The molecule has 0 saturated heterocycles. The van der Waals surface area contributed by atoms with Crippen LogP contribution >= 0.6 is 0 Å². The van der Waals surface area contributed by atoms with E-state index in [-0.39, 0.29) is 5.69 Å². The Morgan fingerprint density at radius 3 is 2.83 bits per heavy atom. The minimum absolute atomic E-state index is 0.129. The van der Waals surface area contributed by atoms with E-state index in [4.69, 9.17) is 5.73 Å². The molecular formula is C13H11FN4. The first-order valence-corrected chi connectivity index (χ1v) is 5.52. The van der Waals surface area contributed by atoms with Gasteiger partial charge in [0.05, 0.1) is 11.2 Å². The number of aromatic amines is 1. The monoisotopic (exact) mass is 242 g/mol. The molecule has 0 unspecified atom stereocenters. The third-order valence-electron chi connectivity index (χ3n) is 2.87.